The van der Waals surface area contributed by atoms with Crippen LogP contribution in [0.15, 0.2) is 0 Å². The standard InChI is InChI=1S/C16H26N2O6S/c19-14(12-3-1-2-4-12)18-9-13(10-18)25(22,23)17-11-16(15(20)21)5-7-24-8-6-16/h12-13,17H,1-11H2,(H,20,21). The van der Waals surface area contributed by atoms with E-state index in [4.69, 9.17) is 4.74 Å². The Morgan fingerprint density at radius 2 is 1.76 bits per heavy atom. The van der Waals surface area contributed by atoms with Gasteiger partial charge >= 0.3 is 5.97 Å². The van der Waals surface area contributed by atoms with Gasteiger partial charge in [-0.05, 0) is 25.7 Å². The number of ether oxygens (including phenoxy) is 1. The molecular weight excluding hydrogens is 348 g/mol. The van der Waals surface area contributed by atoms with Gasteiger partial charge in [-0.15, -0.1) is 0 Å². The summed E-state index contributed by atoms with van der Waals surface area (Å²) in [7, 11) is -3.63. The minimum Gasteiger partial charge on any atom is -0.481 e. The molecule has 0 unspecified atom stereocenters. The molecule has 3 rings (SSSR count). The van der Waals surface area contributed by atoms with Crippen LogP contribution in [-0.4, -0.2) is 68.4 Å². The highest BCUT2D eigenvalue weighted by Gasteiger charge is 2.45. The third kappa shape index (κ3) is 3.83. The number of carboxylic acids is 1. The second-order valence-electron chi connectivity index (χ2n) is 7.41. The molecule has 2 aliphatic heterocycles. The van der Waals surface area contributed by atoms with Crippen LogP contribution in [0, 0.1) is 11.3 Å². The van der Waals surface area contributed by atoms with Crippen LogP contribution in [0.4, 0.5) is 0 Å². The summed E-state index contributed by atoms with van der Waals surface area (Å²) in [6.07, 6.45) is 4.51. The lowest BCUT2D eigenvalue weighted by molar-refractivity contribution is -0.154. The molecule has 2 saturated heterocycles. The van der Waals surface area contributed by atoms with E-state index in [9.17, 15) is 23.1 Å². The van der Waals surface area contributed by atoms with Crippen LogP contribution < -0.4 is 4.72 Å². The topological polar surface area (TPSA) is 113 Å². The summed E-state index contributed by atoms with van der Waals surface area (Å²) in [6.45, 7) is 0.922. The van der Waals surface area contributed by atoms with Crippen molar-refractivity contribution in [1.82, 2.24) is 9.62 Å². The van der Waals surface area contributed by atoms with Gasteiger partial charge in [0.2, 0.25) is 15.9 Å². The predicted molar refractivity (Wildman–Crippen MR) is 89.4 cm³/mol. The third-order valence-electron chi connectivity index (χ3n) is 5.82. The first-order valence-corrected chi connectivity index (χ1v) is 10.5. The van der Waals surface area contributed by atoms with Gasteiger partial charge in [0.1, 0.15) is 5.25 Å². The number of nitrogens with one attached hydrogen (secondary N) is 1. The molecule has 0 aromatic carbocycles. The molecule has 0 bridgehead atoms. The second kappa shape index (κ2) is 7.20. The molecule has 3 aliphatic rings. The summed E-state index contributed by atoms with van der Waals surface area (Å²) < 4.78 is 32.5. The fourth-order valence-corrected chi connectivity index (χ4v) is 5.30. The largest absolute Gasteiger partial charge is 0.481 e. The summed E-state index contributed by atoms with van der Waals surface area (Å²) in [5.41, 5.74) is -1.10. The van der Waals surface area contributed by atoms with Crippen LogP contribution in [-0.2, 0) is 24.3 Å². The Balaban J connectivity index is 1.52. The van der Waals surface area contributed by atoms with Crippen molar-refractivity contribution < 1.29 is 27.9 Å². The van der Waals surface area contributed by atoms with Crippen LogP contribution in [0.5, 0.6) is 0 Å². The molecule has 2 N–H and O–H groups in total. The summed E-state index contributed by atoms with van der Waals surface area (Å²) in [5.74, 6) is -0.880. The molecule has 1 aliphatic carbocycles. The van der Waals surface area contributed by atoms with Crippen molar-refractivity contribution in [2.75, 3.05) is 32.8 Å². The first-order valence-electron chi connectivity index (χ1n) is 8.92. The number of amides is 1. The number of aliphatic carboxylic acids is 1. The van der Waals surface area contributed by atoms with Crippen molar-refractivity contribution in [2.24, 2.45) is 11.3 Å². The van der Waals surface area contributed by atoms with Gasteiger partial charge in [0.25, 0.3) is 0 Å². The number of hydrogen-bond acceptors (Lipinski definition) is 5. The van der Waals surface area contributed by atoms with Crippen LogP contribution in [0.1, 0.15) is 38.5 Å². The third-order valence-corrected chi connectivity index (χ3v) is 7.54. The van der Waals surface area contributed by atoms with Gasteiger partial charge in [-0.2, -0.15) is 0 Å². The maximum Gasteiger partial charge on any atom is 0.311 e. The van der Waals surface area contributed by atoms with Crippen molar-refractivity contribution in [2.45, 2.75) is 43.8 Å². The molecule has 0 atom stereocenters. The fourth-order valence-electron chi connectivity index (χ4n) is 3.83. The number of nitrogens with zero attached hydrogens (tertiary/aromatic N) is 1. The van der Waals surface area contributed by atoms with E-state index in [-0.39, 0.29) is 31.5 Å². The van der Waals surface area contributed by atoms with E-state index >= 15 is 0 Å². The average Bonchev–Trinajstić information content (AvgIpc) is 3.06. The number of likely N-dealkylation sites (tertiary alicyclic amines) is 1. The molecule has 8 nitrogen and oxygen atoms in total. The molecule has 1 saturated carbocycles. The highest BCUT2D eigenvalue weighted by atomic mass is 32.2. The minimum atomic E-state index is -3.63. The Morgan fingerprint density at radius 3 is 2.32 bits per heavy atom. The Morgan fingerprint density at radius 1 is 1.16 bits per heavy atom. The Hall–Kier alpha value is -1.19. The lowest BCUT2D eigenvalue weighted by Crippen LogP contribution is -2.61. The van der Waals surface area contributed by atoms with Gasteiger partial charge in [-0.1, -0.05) is 12.8 Å². The zero-order valence-corrected chi connectivity index (χ0v) is 15.1. The summed E-state index contributed by atoms with van der Waals surface area (Å²) in [5, 5.41) is 8.84. The van der Waals surface area contributed by atoms with Crippen molar-refractivity contribution in [3.63, 3.8) is 0 Å². The van der Waals surface area contributed by atoms with Crippen molar-refractivity contribution >= 4 is 21.9 Å². The molecule has 0 radical (unpaired) electrons. The van der Waals surface area contributed by atoms with E-state index in [0.29, 0.717) is 26.1 Å². The lowest BCUT2D eigenvalue weighted by atomic mass is 9.80. The van der Waals surface area contributed by atoms with Crippen LogP contribution in [0.25, 0.3) is 0 Å². The predicted octanol–water partition coefficient (Wildman–Crippen LogP) is 0.188. The first kappa shape index (κ1) is 18.6. The number of carboxylic acid groups (broad SMARTS) is 1. The fraction of sp³-hybridized carbons (Fsp3) is 0.875. The number of sulfonamides is 1. The molecule has 142 valence electrons. The van der Waals surface area contributed by atoms with Crippen molar-refractivity contribution in [3.05, 3.63) is 0 Å². The van der Waals surface area contributed by atoms with Gasteiger partial charge in [0.15, 0.2) is 0 Å². The maximum absolute atomic E-state index is 12.4. The first-order chi connectivity index (χ1) is 11.8. The smallest absolute Gasteiger partial charge is 0.311 e. The van der Waals surface area contributed by atoms with Gasteiger partial charge in [-0.3, -0.25) is 9.59 Å². The molecule has 1 amide bonds. The van der Waals surface area contributed by atoms with E-state index in [0.717, 1.165) is 25.7 Å². The molecule has 25 heavy (non-hydrogen) atoms. The molecule has 0 aromatic heterocycles. The molecular formula is C16H26N2O6S. The van der Waals surface area contributed by atoms with Crippen LogP contribution >= 0.6 is 0 Å². The minimum absolute atomic E-state index is 0.0501. The van der Waals surface area contributed by atoms with E-state index in [1.807, 2.05) is 0 Å². The Kier molecular flexibility index (Phi) is 5.36. The molecule has 9 heteroatoms. The van der Waals surface area contributed by atoms with Crippen LogP contribution in [0.3, 0.4) is 0 Å². The Labute approximate surface area is 147 Å². The molecule has 3 fully saturated rings. The number of carbonyl (C=O) groups is 2. The van der Waals surface area contributed by atoms with Gasteiger partial charge in [-0.25, -0.2) is 13.1 Å². The van der Waals surface area contributed by atoms with Gasteiger partial charge < -0.3 is 14.7 Å². The van der Waals surface area contributed by atoms with E-state index in [2.05, 4.69) is 4.72 Å². The molecule has 0 aromatic rings. The maximum atomic E-state index is 12.4. The normalized spacial score (nSPS) is 24.9. The lowest BCUT2D eigenvalue weighted by Gasteiger charge is -2.40. The summed E-state index contributed by atoms with van der Waals surface area (Å²) in [4.78, 5) is 25.5. The van der Waals surface area contributed by atoms with Gasteiger partial charge in [0.05, 0.1) is 5.41 Å². The van der Waals surface area contributed by atoms with Crippen molar-refractivity contribution in [1.29, 1.82) is 0 Å². The molecule has 0 spiro atoms. The van der Waals surface area contributed by atoms with E-state index < -0.39 is 26.7 Å². The zero-order chi connectivity index (χ0) is 18.1. The zero-order valence-electron chi connectivity index (χ0n) is 14.3. The molecule has 2 heterocycles. The second-order valence-corrected chi connectivity index (χ2v) is 9.46. The summed E-state index contributed by atoms with van der Waals surface area (Å²) >= 11 is 0. The quantitative estimate of drug-likeness (QED) is 0.686. The number of hydrogen-bond donors (Lipinski definition) is 2. The highest BCUT2D eigenvalue weighted by Crippen LogP contribution is 2.32. The highest BCUT2D eigenvalue weighted by molar-refractivity contribution is 7.90. The SMILES string of the molecule is O=C(C1CCCC1)N1CC(S(=O)(=O)NCC2(C(=O)O)CCOCC2)C1. The van der Waals surface area contributed by atoms with Crippen LogP contribution in [0.2, 0.25) is 0 Å². The van der Waals surface area contributed by atoms with E-state index in [1.165, 1.54) is 0 Å². The van der Waals surface area contributed by atoms with Crippen molar-refractivity contribution in [3.8, 4) is 0 Å². The van der Waals surface area contributed by atoms with Gasteiger partial charge in [0, 0.05) is 38.8 Å². The monoisotopic (exact) mass is 374 g/mol. The summed E-state index contributed by atoms with van der Waals surface area (Å²) in [6, 6.07) is 0. The number of rotatable bonds is 6. The van der Waals surface area contributed by atoms with E-state index in [1.54, 1.807) is 4.90 Å². The number of carbonyl (C=O) groups excluding carboxylic acids is 1. The Bertz CT molecular complexity index is 617. The average molecular weight is 374 g/mol.